The lowest BCUT2D eigenvalue weighted by molar-refractivity contribution is 0.371. The van der Waals surface area contributed by atoms with Gasteiger partial charge in [0.1, 0.15) is 0 Å². The van der Waals surface area contributed by atoms with E-state index in [-0.39, 0.29) is 6.16 Å². The van der Waals surface area contributed by atoms with E-state index in [9.17, 15) is 4.57 Å². The van der Waals surface area contributed by atoms with E-state index in [1.165, 1.54) is 11.1 Å². The zero-order chi connectivity index (χ0) is 16.0. The number of nitrogens with one attached hydrogen (secondary N) is 1. The zero-order valence-corrected chi connectivity index (χ0v) is 13.6. The molecule has 0 aliphatic rings. The monoisotopic (exact) mass is 319 g/mol. The lowest BCUT2D eigenvalue weighted by Crippen LogP contribution is -1.93. The van der Waals surface area contributed by atoms with Crippen LogP contribution in [0.4, 0.5) is 11.4 Å². The highest BCUT2D eigenvalue weighted by Gasteiger charge is 2.11. The number of rotatable bonds is 7. The summed E-state index contributed by atoms with van der Waals surface area (Å²) in [5.74, 6) is 0. The predicted octanol–water partition coefficient (Wildman–Crippen LogP) is 4.24. The van der Waals surface area contributed by atoms with Gasteiger partial charge in [-0.15, -0.1) is 0 Å². The van der Waals surface area contributed by atoms with Crippen LogP contribution in [-0.2, 0) is 11.0 Å². The Morgan fingerprint density at radius 3 is 2.00 bits per heavy atom. The van der Waals surface area contributed by atoms with Gasteiger partial charge in [0.25, 0.3) is 0 Å². The molecule has 0 fully saturated rings. The van der Waals surface area contributed by atoms with Gasteiger partial charge in [0.2, 0.25) is 0 Å². The molecule has 0 bridgehead atoms. The van der Waals surface area contributed by atoms with Crippen LogP contribution in [0.5, 0.6) is 0 Å². The van der Waals surface area contributed by atoms with Crippen LogP contribution in [0.15, 0.2) is 48.5 Å². The summed E-state index contributed by atoms with van der Waals surface area (Å²) in [6.45, 7) is 2.06. The fourth-order valence-electron chi connectivity index (χ4n) is 2.21. The fourth-order valence-corrected chi connectivity index (χ4v) is 2.84. The Balaban J connectivity index is 1.82. The molecule has 5 heteroatoms. The van der Waals surface area contributed by atoms with Gasteiger partial charge in [0.05, 0.1) is 0 Å². The Labute approximate surface area is 131 Å². The van der Waals surface area contributed by atoms with Crippen molar-refractivity contribution in [3.8, 4) is 0 Å². The first kappa shape index (κ1) is 16.8. The first-order valence-electron chi connectivity index (χ1n) is 7.40. The minimum Gasteiger partial charge on any atom is -0.356 e. The standard InChI is InChI=1S/C17H22NO3P/c1-14-5-9-16(10-6-14)18-17-11-7-15(8-12-17)4-2-3-13-22(19,20)21/h5-12,18H,2-4,13H2,1H3,(H2,19,20,21). The third-order valence-electron chi connectivity index (χ3n) is 3.46. The highest BCUT2D eigenvalue weighted by molar-refractivity contribution is 7.51. The van der Waals surface area contributed by atoms with E-state index >= 15 is 0 Å². The quantitative estimate of drug-likeness (QED) is 0.527. The second-order valence-electron chi connectivity index (χ2n) is 5.53. The van der Waals surface area contributed by atoms with E-state index < -0.39 is 7.60 Å². The summed E-state index contributed by atoms with van der Waals surface area (Å²) >= 11 is 0. The summed E-state index contributed by atoms with van der Waals surface area (Å²) in [4.78, 5) is 17.6. The van der Waals surface area contributed by atoms with Crippen LogP contribution in [0.1, 0.15) is 24.0 Å². The predicted molar refractivity (Wildman–Crippen MR) is 90.8 cm³/mol. The molecule has 2 aromatic carbocycles. The van der Waals surface area contributed by atoms with Crippen LogP contribution in [0.3, 0.4) is 0 Å². The molecule has 2 aromatic rings. The largest absolute Gasteiger partial charge is 0.356 e. The molecule has 0 aliphatic heterocycles. The van der Waals surface area contributed by atoms with Crippen molar-refractivity contribution in [3.63, 3.8) is 0 Å². The lowest BCUT2D eigenvalue weighted by atomic mass is 10.1. The van der Waals surface area contributed by atoms with E-state index in [2.05, 4.69) is 24.4 Å². The van der Waals surface area contributed by atoms with E-state index in [0.717, 1.165) is 24.2 Å². The normalized spacial score (nSPS) is 11.4. The number of anilines is 2. The maximum absolute atomic E-state index is 10.8. The fraction of sp³-hybridized carbons (Fsp3) is 0.294. The molecule has 3 N–H and O–H groups in total. The maximum atomic E-state index is 10.8. The summed E-state index contributed by atoms with van der Waals surface area (Å²) < 4.78 is 10.8. The number of unbranched alkanes of at least 4 members (excludes halogenated alkanes) is 1. The van der Waals surface area contributed by atoms with Gasteiger partial charge >= 0.3 is 7.60 Å². The molecule has 0 aromatic heterocycles. The van der Waals surface area contributed by atoms with Gasteiger partial charge in [-0.3, -0.25) is 4.57 Å². The molecule has 0 saturated carbocycles. The maximum Gasteiger partial charge on any atom is 0.325 e. The van der Waals surface area contributed by atoms with Crippen molar-refractivity contribution < 1.29 is 14.4 Å². The molecule has 4 nitrogen and oxygen atoms in total. The Hall–Kier alpha value is -1.61. The molecule has 0 atom stereocenters. The van der Waals surface area contributed by atoms with Crippen molar-refractivity contribution in [3.05, 3.63) is 59.7 Å². The summed E-state index contributed by atoms with van der Waals surface area (Å²) in [6, 6.07) is 16.4. The minimum atomic E-state index is -3.85. The molecule has 118 valence electrons. The van der Waals surface area contributed by atoms with E-state index in [1.54, 1.807) is 0 Å². The van der Waals surface area contributed by atoms with Crippen molar-refractivity contribution in [2.24, 2.45) is 0 Å². The molecule has 0 aliphatic carbocycles. The molecule has 0 heterocycles. The Bertz CT molecular complexity index is 632. The zero-order valence-electron chi connectivity index (χ0n) is 12.7. The SMILES string of the molecule is Cc1ccc(Nc2ccc(CCCCP(=O)(O)O)cc2)cc1. The van der Waals surface area contributed by atoms with Crippen molar-refractivity contribution in [1.82, 2.24) is 0 Å². The lowest BCUT2D eigenvalue weighted by Gasteiger charge is -2.08. The Kier molecular flexibility index (Phi) is 5.78. The molecular weight excluding hydrogens is 297 g/mol. The minimum absolute atomic E-state index is 0.0277. The second-order valence-corrected chi connectivity index (χ2v) is 7.31. The second kappa shape index (κ2) is 7.59. The molecule has 0 spiro atoms. The number of hydrogen-bond donors (Lipinski definition) is 3. The van der Waals surface area contributed by atoms with Crippen molar-refractivity contribution in [2.45, 2.75) is 26.2 Å². The summed E-state index contributed by atoms with van der Waals surface area (Å²) in [6.07, 6.45) is 2.15. The number of benzene rings is 2. The van der Waals surface area contributed by atoms with E-state index in [4.69, 9.17) is 9.79 Å². The van der Waals surface area contributed by atoms with Gasteiger partial charge in [-0.2, -0.15) is 0 Å². The molecule has 22 heavy (non-hydrogen) atoms. The van der Waals surface area contributed by atoms with Crippen molar-refractivity contribution >= 4 is 19.0 Å². The Morgan fingerprint density at radius 2 is 1.45 bits per heavy atom. The van der Waals surface area contributed by atoms with Crippen LogP contribution in [0.2, 0.25) is 0 Å². The first-order valence-corrected chi connectivity index (χ1v) is 9.19. The van der Waals surface area contributed by atoms with Gasteiger partial charge in [0, 0.05) is 17.5 Å². The van der Waals surface area contributed by atoms with Gasteiger partial charge in [-0.05, 0) is 56.0 Å². The average molecular weight is 319 g/mol. The molecule has 0 unspecified atom stereocenters. The highest BCUT2D eigenvalue weighted by atomic mass is 31.2. The average Bonchev–Trinajstić information content (AvgIpc) is 2.47. The molecule has 0 amide bonds. The van der Waals surface area contributed by atoms with Crippen LogP contribution in [0.25, 0.3) is 0 Å². The van der Waals surface area contributed by atoms with Crippen molar-refractivity contribution in [1.29, 1.82) is 0 Å². The van der Waals surface area contributed by atoms with Crippen LogP contribution in [-0.4, -0.2) is 15.9 Å². The van der Waals surface area contributed by atoms with E-state index in [0.29, 0.717) is 6.42 Å². The van der Waals surface area contributed by atoms with Gasteiger partial charge in [-0.25, -0.2) is 0 Å². The molecule has 0 radical (unpaired) electrons. The van der Waals surface area contributed by atoms with Gasteiger partial charge in [0.15, 0.2) is 0 Å². The topological polar surface area (TPSA) is 69.6 Å². The first-order chi connectivity index (χ1) is 10.4. The molecule has 2 rings (SSSR count). The van der Waals surface area contributed by atoms with Crippen LogP contribution in [0, 0.1) is 6.92 Å². The van der Waals surface area contributed by atoms with Crippen LogP contribution >= 0.6 is 7.60 Å². The van der Waals surface area contributed by atoms with E-state index in [1.807, 2.05) is 36.4 Å². The Morgan fingerprint density at radius 1 is 0.909 bits per heavy atom. The van der Waals surface area contributed by atoms with Crippen molar-refractivity contribution in [2.75, 3.05) is 11.5 Å². The summed E-state index contributed by atoms with van der Waals surface area (Å²) in [7, 11) is -3.85. The molecule has 0 saturated heterocycles. The third-order valence-corrected chi connectivity index (χ3v) is 4.36. The summed E-state index contributed by atoms with van der Waals surface area (Å²) in [5.41, 5.74) is 4.50. The highest BCUT2D eigenvalue weighted by Crippen LogP contribution is 2.35. The summed E-state index contributed by atoms with van der Waals surface area (Å²) in [5, 5.41) is 3.34. The van der Waals surface area contributed by atoms with Gasteiger partial charge < -0.3 is 15.1 Å². The number of aryl methyl sites for hydroxylation is 2. The third kappa shape index (κ3) is 6.02. The molecular formula is C17H22NO3P. The van der Waals surface area contributed by atoms with Crippen LogP contribution < -0.4 is 5.32 Å². The number of hydrogen-bond acceptors (Lipinski definition) is 2. The van der Waals surface area contributed by atoms with Gasteiger partial charge in [-0.1, -0.05) is 29.8 Å². The smallest absolute Gasteiger partial charge is 0.325 e.